The molecule has 0 heterocycles. The number of benzene rings is 1. The Hall–Kier alpha value is 0.100. The van der Waals surface area contributed by atoms with Crippen LogP contribution < -0.4 is 0 Å². The van der Waals surface area contributed by atoms with Gasteiger partial charge in [0.1, 0.15) is 0 Å². The molecule has 0 amide bonds. The second-order valence-electron chi connectivity index (χ2n) is 2.39. The van der Waals surface area contributed by atoms with Crippen molar-refractivity contribution in [2.75, 3.05) is 6.26 Å². The van der Waals surface area contributed by atoms with Crippen LogP contribution in [0.2, 0.25) is 0 Å². The first-order chi connectivity index (χ1) is 5.11. The molecule has 1 rings (SSSR count). The second kappa shape index (κ2) is 3.67. The van der Waals surface area contributed by atoms with Crippen LogP contribution in [0.4, 0.5) is 0 Å². The maximum absolute atomic E-state index is 11.1. The summed E-state index contributed by atoms with van der Waals surface area (Å²) < 4.78 is 12.2. The van der Waals surface area contributed by atoms with Gasteiger partial charge in [-0.05, 0) is 47.2 Å². The number of rotatable bonds is 1. The van der Waals surface area contributed by atoms with Gasteiger partial charge in [-0.3, -0.25) is 4.21 Å². The Morgan fingerprint density at radius 1 is 1.45 bits per heavy atom. The summed E-state index contributed by atoms with van der Waals surface area (Å²) in [6.45, 7) is 2.03. The van der Waals surface area contributed by atoms with Crippen LogP contribution in [-0.4, -0.2) is 10.5 Å². The lowest BCUT2D eigenvalue weighted by Crippen LogP contribution is -1.91. The molecule has 0 aliphatic carbocycles. The smallest absolute Gasteiger partial charge is 0.0518 e. The predicted molar refractivity (Wildman–Crippen MR) is 56.2 cm³/mol. The molecule has 3 heteroatoms. The zero-order valence-corrected chi connectivity index (χ0v) is 9.40. The molecular formula is C8H9IOS. The van der Waals surface area contributed by atoms with Crippen molar-refractivity contribution in [1.29, 1.82) is 0 Å². The monoisotopic (exact) mass is 280 g/mol. The lowest BCUT2D eigenvalue weighted by molar-refractivity contribution is 0.686. The minimum Gasteiger partial charge on any atom is -0.255 e. The average Bonchev–Trinajstić information content (AvgIpc) is 1.85. The minimum atomic E-state index is -0.856. The minimum absolute atomic E-state index is 0.856. The summed E-state index contributed by atoms with van der Waals surface area (Å²) in [5, 5.41) is 0. The number of aryl methyl sites for hydroxylation is 1. The van der Waals surface area contributed by atoms with Crippen molar-refractivity contribution < 1.29 is 4.21 Å². The van der Waals surface area contributed by atoms with Gasteiger partial charge in [-0.2, -0.15) is 0 Å². The summed E-state index contributed by atoms with van der Waals surface area (Å²) in [6.07, 6.45) is 1.70. The molecule has 0 N–H and O–H groups in total. The van der Waals surface area contributed by atoms with E-state index >= 15 is 0 Å². The Morgan fingerprint density at radius 2 is 2.09 bits per heavy atom. The third-order valence-corrected chi connectivity index (χ3v) is 3.63. The average molecular weight is 280 g/mol. The quantitative estimate of drug-likeness (QED) is 0.722. The van der Waals surface area contributed by atoms with Gasteiger partial charge in [0.2, 0.25) is 0 Å². The molecule has 0 saturated heterocycles. The van der Waals surface area contributed by atoms with E-state index < -0.39 is 10.8 Å². The van der Waals surface area contributed by atoms with Crippen molar-refractivity contribution in [3.05, 3.63) is 27.3 Å². The Kier molecular flexibility index (Phi) is 3.06. The molecule has 0 bridgehead atoms. The van der Waals surface area contributed by atoms with Gasteiger partial charge in [0.05, 0.1) is 15.7 Å². The maximum Gasteiger partial charge on any atom is 0.0518 e. The molecule has 0 aliphatic rings. The van der Waals surface area contributed by atoms with Crippen LogP contribution in [0.25, 0.3) is 0 Å². The van der Waals surface area contributed by atoms with Crippen LogP contribution in [0.15, 0.2) is 23.1 Å². The summed E-state index contributed by atoms with van der Waals surface area (Å²) in [6, 6.07) is 5.95. The van der Waals surface area contributed by atoms with Crippen LogP contribution in [0.3, 0.4) is 0 Å². The van der Waals surface area contributed by atoms with E-state index in [4.69, 9.17) is 0 Å². The van der Waals surface area contributed by atoms with Gasteiger partial charge in [-0.1, -0.05) is 6.07 Å². The molecular weight excluding hydrogens is 271 g/mol. The van der Waals surface area contributed by atoms with Crippen LogP contribution >= 0.6 is 22.6 Å². The largest absolute Gasteiger partial charge is 0.255 e. The Bertz CT molecular complexity index is 296. The predicted octanol–water partition coefficient (Wildman–Crippen LogP) is 2.34. The van der Waals surface area contributed by atoms with E-state index in [9.17, 15) is 4.21 Å². The molecule has 1 aromatic rings. The summed E-state index contributed by atoms with van der Waals surface area (Å²) in [4.78, 5) is 0.927. The van der Waals surface area contributed by atoms with Gasteiger partial charge in [0.15, 0.2) is 0 Å². The molecule has 0 fully saturated rings. The van der Waals surface area contributed by atoms with Gasteiger partial charge < -0.3 is 0 Å². The molecule has 0 aromatic heterocycles. The Balaban J connectivity index is 3.20. The lowest BCUT2D eigenvalue weighted by Gasteiger charge is -2.00. The van der Waals surface area contributed by atoms with Crippen LogP contribution in [-0.2, 0) is 10.8 Å². The first kappa shape index (κ1) is 9.19. The van der Waals surface area contributed by atoms with Crippen molar-refractivity contribution in [1.82, 2.24) is 0 Å². The lowest BCUT2D eigenvalue weighted by atomic mass is 10.2. The van der Waals surface area contributed by atoms with Crippen molar-refractivity contribution in [3.63, 3.8) is 0 Å². The summed E-state index contributed by atoms with van der Waals surface area (Å²) in [7, 11) is -0.856. The van der Waals surface area contributed by atoms with Crippen LogP contribution in [0, 0.1) is 10.5 Å². The van der Waals surface area contributed by atoms with E-state index in [2.05, 4.69) is 22.6 Å². The molecule has 1 nitrogen and oxygen atoms in total. The topological polar surface area (TPSA) is 17.1 Å². The zero-order valence-electron chi connectivity index (χ0n) is 6.43. The highest BCUT2D eigenvalue weighted by molar-refractivity contribution is 14.1. The van der Waals surface area contributed by atoms with E-state index in [1.807, 2.05) is 25.1 Å². The Morgan fingerprint density at radius 3 is 2.55 bits per heavy atom. The van der Waals surface area contributed by atoms with Crippen molar-refractivity contribution in [2.24, 2.45) is 0 Å². The fourth-order valence-corrected chi connectivity index (χ4v) is 3.03. The molecule has 0 radical (unpaired) electrons. The summed E-state index contributed by atoms with van der Waals surface area (Å²) in [5.41, 5.74) is 1.21. The first-order valence-electron chi connectivity index (χ1n) is 3.21. The molecule has 1 atom stereocenters. The van der Waals surface area contributed by atoms with Crippen molar-refractivity contribution in [3.8, 4) is 0 Å². The molecule has 11 heavy (non-hydrogen) atoms. The third-order valence-electron chi connectivity index (χ3n) is 1.40. The van der Waals surface area contributed by atoms with E-state index in [1.165, 1.54) is 5.56 Å². The van der Waals surface area contributed by atoms with Gasteiger partial charge in [-0.25, -0.2) is 0 Å². The van der Waals surface area contributed by atoms with Gasteiger partial charge in [-0.15, -0.1) is 0 Å². The van der Waals surface area contributed by atoms with Gasteiger partial charge >= 0.3 is 0 Å². The van der Waals surface area contributed by atoms with E-state index in [0.717, 1.165) is 8.47 Å². The molecule has 0 spiro atoms. The molecule has 60 valence electrons. The summed E-state index contributed by atoms with van der Waals surface area (Å²) >= 11 is 2.21. The Labute approximate surface area is 82.8 Å². The van der Waals surface area contributed by atoms with Gasteiger partial charge in [0, 0.05) is 9.83 Å². The van der Waals surface area contributed by atoms with E-state index in [1.54, 1.807) is 6.26 Å². The third kappa shape index (κ3) is 2.27. The molecule has 1 aromatic carbocycles. The number of halogens is 1. The number of hydrogen-bond donors (Lipinski definition) is 0. The first-order valence-corrected chi connectivity index (χ1v) is 5.84. The van der Waals surface area contributed by atoms with Gasteiger partial charge in [0.25, 0.3) is 0 Å². The van der Waals surface area contributed by atoms with Crippen molar-refractivity contribution >= 4 is 33.4 Å². The highest BCUT2D eigenvalue weighted by Crippen LogP contribution is 2.16. The normalized spacial score (nSPS) is 13.0. The fourth-order valence-electron chi connectivity index (χ4n) is 0.839. The highest BCUT2D eigenvalue weighted by Gasteiger charge is 2.01. The second-order valence-corrected chi connectivity index (χ2v) is 4.90. The van der Waals surface area contributed by atoms with E-state index in [0.29, 0.717) is 0 Å². The number of hydrogen-bond acceptors (Lipinski definition) is 1. The molecule has 0 aliphatic heterocycles. The maximum atomic E-state index is 11.1. The van der Waals surface area contributed by atoms with E-state index in [-0.39, 0.29) is 0 Å². The van der Waals surface area contributed by atoms with Crippen molar-refractivity contribution in [2.45, 2.75) is 11.8 Å². The molecule has 0 saturated carbocycles. The standard InChI is InChI=1S/C8H9IOS/c1-6-3-4-8(11(2)10)7(9)5-6/h3-5H,1-2H3. The summed E-state index contributed by atoms with van der Waals surface area (Å²) in [5.74, 6) is 0. The van der Waals surface area contributed by atoms with Crippen LogP contribution in [0.1, 0.15) is 5.56 Å². The molecule has 1 unspecified atom stereocenters. The zero-order chi connectivity index (χ0) is 8.43. The SMILES string of the molecule is Cc1ccc(S(C)=O)c(I)c1. The highest BCUT2D eigenvalue weighted by atomic mass is 127. The van der Waals surface area contributed by atoms with Crippen LogP contribution in [0.5, 0.6) is 0 Å². The fraction of sp³-hybridized carbons (Fsp3) is 0.250.